The monoisotopic (exact) mass is 456 g/mol. The van der Waals surface area contributed by atoms with Crippen LogP contribution in [0.15, 0.2) is 12.2 Å². The van der Waals surface area contributed by atoms with Gasteiger partial charge in [0.2, 0.25) is 0 Å². The van der Waals surface area contributed by atoms with Crippen LogP contribution in [0.5, 0.6) is 0 Å². The average molecular weight is 457 g/mol. The number of hydrogen-bond donors (Lipinski definition) is 2. The third kappa shape index (κ3) is 2.30. The first-order chi connectivity index (χ1) is 15.4. The zero-order valence-corrected chi connectivity index (χ0v) is 21.3. The molecule has 1 aliphatic heterocycles. The Hall–Kier alpha value is -0.870. The molecule has 0 aromatic carbocycles. The largest absolute Gasteiger partial charge is 0.458 e. The molecule has 6 aliphatic rings. The lowest BCUT2D eigenvalue weighted by Gasteiger charge is -2.76. The van der Waals surface area contributed by atoms with Crippen molar-refractivity contribution in [1.29, 1.82) is 0 Å². The minimum atomic E-state index is -0.726. The Kier molecular flexibility index (Phi) is 4.42. The summed E-state index contributed by atoms with van der Waals surface area (Å²) in [6.45, 7) is 16.2. The molecule has 0 aromatic rings. The lowest BCUT2D eigenvalue weighted by molar-refractivity contribution is -0.305. The molecule has 4 heteroatoms. The molecule has 33 heavy (non-hydrogen) atoms. The molecule has 0 radical (unpaired) electrons. The number of rotatable bonds is 0. The Labute approximate surface area is 199 Å². The van der Waals surface area contributed by atoms with Crippen LogP contribution >= 0.6 is 0 Å². The predicted octanol–water partition coefficient (Wildman–Crippen LogP) is 5.27. The van der Waals surface area contributed by atoms with Gasteiger partial charge in [0, 0.05) is 5.41 Å². The first-order valence-electron chi connectivity index (χ1n) is 13.6. The van der Waals surface area contributed by atoms with E-state index in [2.05, 4.69) is 41.2 Å². The molecule has 0 unspecified atom stereocenters. The highest BCUT2D eigenvalue weighted by Gasteiger charge is 2.78. The third-order valence-corrected chi connectivity index (χ3v) is 13.6. The molecule has 2 N–H and O–H groups in total. The Bertz CT molecular complexity index is 913. The maximum Gasteiger partial charge on any atom is 0.313 e. The number of aliphatic hydroxyl groups excluding tert-OH is 2. The van der Waals surface area contributed by atoms with Crippen LogP contribution in [-0.4, -0.2) is 34.5 Å². The molecule has 0 aromatic heterocycles. The summed E-state index contributed by atoms with van der Waals surface area (Å²) in [5, 5.41) is 21.6. The number of aliphatic hydroxyl groups is 2. The number of fused-ring (bicyclic) bond motifs is 4. The second kappa shape index (κ2) is 6.46. The summed E-state index contributed by atoms with van der Waals surface area (Å²) in [5.41, 5.74) is 0.519. The van der Waals surface area contributed by atoms with Crippen LogP contribution in [0, 0.1) is 50.7 Å². The van der Waals surface area contributed by atoms with Gasteiger partial charge >= 0.3 is 5.97 Å². The lowest BCUT2D eigenvalue weighted by Crippen LogP contribution is -2.75. The molecule has 184 valence electrons. The van der Waals surface area contributed by atoms with E-state index in [4.69, 9.17) is 4.74 Å². The zero-order valence-electron chi connectivity index (χ0n) is 21.3. The van der Waals surface area contributed by atoms with Crippen LogP contribution in [-0.2, 0) is 9.53 Å². The topological polar surface area (TPSA) is 66.8 Å². The number of carbonyl (C=O) groups is 1. The van der Waals surface area contributed by atoms with Gasteiger partial charge in [0.1, 0.15) is 12.2 Å². The van der Waals surface area contributed by atoms with Crippen LogP contribution < -0.4 is 0 Å². The van der Waals surface area contributed by atoms with Crippen molar-refractivity contribution in [1.82, 2.24) is 0 Å². The summed E-state index contributed by atoms with van der Waals surface area (Å²) in [7, 11) is 0. The molecule has 0 amide bonds. The van der Waals surface area contributed by atoms with E-state index >= 15 is 0 Å². The molecule has 1 heterocycles. The minimum Gasteiger partial charge on any atom is -0.458 e. The van der Waals surface area contributed by atoms with Gasteiger partial charge < -0.3 is 14.9 Å². The minimum absolute atomic E-state index is 0.0217. The third-order valence-electron chi connectivity index (χ3n) is 13.6. The molecule has 4 nitrogen and oxygen atoms in total. The van der Waals surface area contributed by atoms with Crippen LogP contribution in [0.2, 0.25) is 0 Å². The normalized spacial score (nSPS) is 62.0. The van der Waals surface area contributed by atoms with E-state index in [1.54, 1.807) is 0 Å². The Morgan fingerprint density at radius 3 is 2.27 bits per heavy atom. The van der Waals surface area contributed by atoms with Crippen LogP contribution in [0.3, 0.4) is 0 Å². The highest BCUT2D eigenvalue weighted by Crippen LogP contribution is 2.79. The predicted molar refractivity (Wildman–Crippen MR) is 127 cm³/mol. The van der Waals surface area contributed by atoms with Gasteiger partial charge in [-0.15, -0.1) is 0 Å². The molecule has 5 saturated carbocycles. The van der Waals surface area contributed by atoms with Gasteiger partial charge in [0.05, 0.1) is 11.5 Å². The van der Waals surface area contributed by atoms with Crippen molar-refractivity contribution in [2.45, 2.75) is 111 Å². The molecule has 1 saturated heterocycles. The lowest BCUT2D eigenvalue weighted by atomic mass is 9.29. The Morgan fingerprint density at radius 1 is 0.848 bits per heavy atom. The number of carbonyl (C=O) groups excluding carboxylic acids is 1. The quantitative estimate of drug-likeness (QED) is 0.385. The Morgan fingerprint density at radius 2 is 1.55 bits per heavy atom. The molecule has 6 rings (SSSR count). The molecular weight excluding hydrogens is 412 g/mol. The SMILES string of the molecule is C=C1C[C@@H]2[C@@]3(C)CC[C@]4(C)[C@H]5CC[C@@]6(C)[C@@H](CC[C@H](O)[C@@H]6C)[C@]5(C)CC[C@@]24C(=O)O[C@H]3[C@H]1O. The second-order valence-electron chi connectivity index (χ2n) is 14.2. The summed E-state index contributed by atoms with van der Waals surface area (Å²) in [5.74, 6) is 1.62. The molecule has 5 aliphatic carbocycles. The number of ether oxygens (including phenoxy) is 1. The van der Waals surface area contributed by atoms with Crippen molar-refractivity contribution in [3.8, 4) is 0 Å². The molecule has 4 bridgehead atoms. The fourth-order valence-corrected chi connectivity index (χ4v) is 11.5. The van der Waals surface area contributed by atoms with Crippen molar-refractivity contribution in [2.75, 3.05) is 0 Å². The van der Waals surface area contributed by atoms with Crippen LogP contribution in [0.25, 0.3) is 0 Å². The maximum atomic E-state index is 14.0. The standard InChI is InChI=1S/C29H44O4/c1-16-15-21-27(5)11-13-28(6)20-9-10-25(3)17(2)18(30)7-8-19(25)26(20,4)12-14-29(21,28)24(32)33-23(27)22(16)31/h17-23,30-31H,1,7-15H2,2-6H3/t17-,18-,19+,20-,21+,22-,23-,25+,26-,27+,28+,29-/m0/s1. The van der Waals surface area contributed by atoms with E-state index in [-0.39, 0.29) is 39.7 Å². The van der Waals surface area contributed by atoms with Crippen molar-refractivity contribution in [3.05, 3.63) is 12.2 Å². The van der Waals surface area contributed by atoms with Crippen molar-refractivity contribution in [3.63, 3.8) is 0 Å². The van der Waals surface area contributed by atoms with E-state index in [1.165, 1.54) is 0 Å². The van der Waals surface area contributed by atoms with Crippen LogP contribution in [0.4, 0.5) is 0 Å². The molecule has 6 fully saturated rings. The van der Waals surface area contributed by atoms with Gasteiger partial charge in [-0.1, -0.05) is 41.2 Å². The van der Waals surface area contributed by atoms with Gasteiger partial charge in [-0.3, -0.25) is 4.79 Å². The molecule has 1 spiro atoms. The summed E-state index contributed by atoms with van der Waals surface area (Å²) in [6.07, 6.45) is 7.75. The van der Waals surface area contributed by atoms with Crippen molar-refractivity contribution < 1.29 is 19.7 Å². The summed E-state index contributed by atoms with van der Waals surface area (Å²) in [4.78, 5) is 14.0. The second-order valence-corrected chi connectivity index (χ2v) is 14.2. The van der Waals surface area contributed by atoms with E-state index in [1.807, 2.05) is 0 Å². The van der Waals surface area contributed by atoms with E-state index in [0.717, 1.165) is 63.4 Å². The number of esters is 1. The van der Waals surface area contributed by atoms with Crippen molar-refractivity contribution >= 4 is 5.97 Å². The van der Waals surface area contributed by atoms with Gasteiger partial charge in [-0.25, -0.2) is 0 Å². The molecular formula is C29H44O4. The maximum absolute atomic E-state index is 14.0. The highest BCUT2D eigenvalue weighted by molar-refractivity contribution is 5.81. The zero-order chi connectivity index (χ0) is 23.8. The van der Waals surface area contributed by atoms with Gasteiger partial charge in [0.15, 0.2) is 0 Å². The average Bonchev–Trinajstić information content (AvgIpc) is 2.75. The van der Waals surface area contributed by atoms with E-state index in [9.17, 15) is 15.0 Å². The highest BCUT2D eigenvalue weighted by atomic mass is 16.6. The van der Waals surface area contributed by atoms with Gasteiger partial charge in [0.25, 0.3) is 0 Å². The Balaban J connectivity index is 1.46. The van der Waals surface area contributed by atoms with Crippen molar-refractivity contribution in [2.24, 2.45) is 50.7 Å². The van der Waals surface area contributed by atoms with Gasteiger partial charge in [-0.2, -0.15) is 0 Å². The van der Waals surface area contributed by atoms with E-state index < -0.39 is 17.6 Å². The smallest absolute Gasteiger partial charge is 0.313 e. The fourth-order valence-electron chi connectivity index (χ4n) is 11.5. The van der Waals surface area contributed by atoms with Gasteiger partial charge in [-0.05, 0) is 103 Å². The summed E-state index contributed by atoms with van der Waals surface area (Å²) in [6, 6.07) is 0. The van der Waals surface area contributed by atoms with Crippen LogP contribution in [0.1, 0.15) is 92.4 Å². The summed E-state index contributed by atoms with van der Waals surface area (Å²) >= 11 is 0. The first-order valence-corrected chi connectivity index (χ1v) is 13.6. The summed E-state index contributed by atoms with van der Waals surface area (Å²) < 4.78 is 6.22. The molecule has 12 atom stereocenters. The fraction of sp³-hybridized carbons (Fsp3) is 0.897. The van der Waals surface area contributed by atoms with E-state index in [0.29, 0.717) is 17.8 Å². The first kappa shape index (κ1) is 22.6. The number of hydrogen-bond acceptors (Lipinski definition) is 4.